The van der Waals surface area contributed by atoms with E-state index in [1.54, 1.807) is 0 Å². The molecule has 96 valence electrons. The Morgan fingerprint density at radius 3 is 2.56 bits per heavy atom. The summed E-state index contributed by atoms with van der Waals surface area (Å²) in [5, 5.41) is 18.5. The molecule has 0 aliphatic carbocycles. The molecule has 0 saturated carbocycles. The van der Waals surface area contributed by atoms with Gasteiger partial charge in [-0.1, -0.05) is 17.7 Å². The Kier molecular flexibility index (Phi) is 2.96. The fraction of sp³-hybridized carbons (Fsp3) is 0.182. The minimum Gasteiger partial charge on any atom is -0.479 e. The van der Waals surface area contributed by atoms with E-state index < -0.39 is 21.9 Å². The van der Waals surface area contributed by atoms with Crippen LogP contribution in [-0.4, -0.2) is 30.7 Å². The molecule has 0 bridgehead atoms. The highest BCUT2D eigenvalue weighted by atomic mass is 35.5. The molecule has 1 aliphatic rings. The van der Waals surface area contributed by atoms with Crippen LogP contribution in [0.3, 0.4) is 0 Å². The van der Waals surface area contributed by atoms with Gasteiger partial charge in [0.2, 0.25) is 9.84 Å². The van der Waals surface area contributed by atoms with Crippen molar-refractivity contribution in [2.75, 3.05) is 0 Å². The summed E-state index contributed by atoms with van der Waals surface area (Å²) in [6.07, 6.45) is -1.92. The highest BCUT2D eigenvalue weighted by Gasteiger charge is 2.39. The number of aliphatic carboxylic acids is 1. The minimum atomic E-state index is -3.76. The Morgan fingerprint density at radius 2 is 2.00 bits per heavy atom. The number of halogens is 1. The van der Waals surface area contributed by atoms with E-state index in [9.17, 15) is 18.3 Å². The highest BCUT2D eigenvalue weighted by molar-refractivity contribution is 7.95. The van der Waals surface area contributed by atoms with E-state index in [0.29, 0.717) is 0 Å². The molecule has 1 heterocycles. The van der Waals surface area contributed by atoms with E-state index in [2.05, 4.69) is 0 Å². The summed E-state index contributed by atoms with van der Waals surface area (Å²) in [4.78, 5) is 10.6. The molecule has 7 heteroatoms. The van der Waals surface area contributed by atoms with Crippen LogP contribution in [0.4, 0.5) is 0 Å². The Bertz CT molecular complexity index is 675. The molecule has 1 atom stereocenters. The molecule has 0 radical (unpaired) electrons. The van der Waals surface area contributed by atoms with Gasteiger partial charge in [0.15, 0.2) is 6.10 Å². The van der Waals surface area contributed by atoms with Gasteiger partial charge in [0.25, 0.3) is 0 Å². The zero-order chi connectivity index (χ0) is 13.7. The smallest absolute Gasteiger partial charge is 0.337 e. The van der Waals surface area contributed by atoms with Crippen molar-refractivity contribution >= 4 is 33.0 Å². The zero-order valence-electron chi connectivity index (χ0n) is 9.21. The summed E-state index contributed by atoms with van der Waals surface area (Å²) in [7, 11) is -3.76. The van der Waals surface area contributed by atoms with Gasteiger partial charge in [0.1, 0.15) is 0 Å². The molecule has 1 aromatic rings. The number of benzene rings is 1. The number of carboxylic acid groups (broad SMARTS) is 1. The fourth-order valence-corrected chi connectivity index (χ4v) is 3.84. The second-order valence-corrected chi connectivity index (χ2v) is 6.29. The van der Waals surface area contributed by atoms with Gasteiger partial charge in [-0.2, -0.15) is 0 Å². The Labute approximate surface area is 108 Å². The second-order valence-electron chi connectivity index (χ2n) is 3.83. The van der Waals surface area contributed by atoms with E-state index in [-0.39, 0.29) is 26.0 Å². The first-order valence-electron chi connectivity index (χ1n) is 4.94. The van der Waals surface area contributed by atoms with Crippen LogP contribution in [-0.2, 0) is 14.6 Å². The molecule has 0 spiro atoms. The van der Waals surface area contributed by atoms with Crippen molar-refractivity contribution in [1.82, 2.24) is 0 Å². The highest BCUT2D eigenvalue weighted by Crippen LogP contribution is 2.43. The van der Waals surface area contributed by atoms with Crippen LogP contribution in [0.25, 0.3) is 5.57 Å². The normalized spacial score (nSPS) is 18.6. The number of fused-ring (bicyclic) bond motifs is 1. The largest absolute Gasteiger partial charge is 0.479 e. The summed E-state index contributed by atoms with van der Waals surface area (Å²) >= 11 is 5.90. The molecule has 1 unspecified atom stereocenters. The number of hydrogen-bond acceptors (Lipinski definition) is 4. The predicted octanol–water partition coefficient (Wildman–Crippen LogP) is 1.30. The minimum absolute atomic E-state index is 0.0669. The number of aliphatic hydroxyl groups excluding tert-OH is 1. The van der Waals surface area contributed by atoms with Crippen molar-refractivity contribution in [3.63, 3.8) is 0 Å². The molecule has 0 saturated heterocycles. The number of aliphatic hydroxyl groups is 1. The molecule has 0 amide bonds. The first-order valence-corrected chi connectivity index (χ1v) is 6.80. The maximum absolute atomic E-state index is 12.1. The molecule has 1 aliphatic heterocycles. The van der Waals surface area contributed by atoms with E-state index in [1.165, 1.54) is 25.1 Å². The van der Waals surface area contributed by atoms with Crippen molar-refractivity contribution in [2.45, 2.75) is 17.9 Å². The summed E-state index contributed by atoms with van der Waals surface area (Å²) < 4.78 is 24.1. The first kappa shape index (κ1) is 13.1. The average molecular weight is 289 g/mol. The van der Waals surface area contributed by atoms with Crippen LogP contribution in [0.2, 0.25) is 5.02 Å². The van der Waals surface area contributed by atoms with Crippen LogP contribution >= 0.6 is 11.6 Å². The van der Waals surface area contributed by atoms with E-state index in [4.69, 9.17) is 16.7 Å². The third-order valence-electron chi connectivity index (χ3n) is 2.82. The number of sulfone groups is 1. The van der Waals surface area contributed by atoms with E-state index in [0.717, 1.165) is 0 Å². The van der Waals surface area contributed by atoms with Gasteiger partial charge in [0, 0.05) is 16.2 Å². The lowest BCUT2D eigenvalue weighted by atomic mass is 10.0. The zero-order valence-corrected chi connectivity index (χ0v) is 10.8. The van der Waals surface area contributed by atoms with Crippen LogP contribution in [0, 0.1) is 0 Å². The molecule has 2 rings (SSSR count). The lowest BCUT2D eigenvalue weighted by Crippen LogP contribution is -2.21. The third kappa shape index (κ3) is 1.65. The van der Waals surface area contributed by atoms with Crippen molar-refractivity contribution in [2.24, 2.45) is 0 Å². The van der Waals surface area contributed by atoms with Gasteiger partial charge in [-0.05, 0) is 19.1 Å². The monoisotopic (exact) mass is 288 g/mol. The van der Waals surface area contributed by atoms with Gasteiger partial charge >= 0.3 is 5.97 Å². The second kappa shape index (κ2) is 4.08. The molecular weight excluding hydrogens is 280 g/mol. The lowest BCUT2D eigenvalue weighted by molar-refractivity contribution is -0.143. The average Bonchev–Trinajstić information content (AvgIpc) is 2.49. The lowest BCUT2D eigenvalue weighted by Gasteiger charge is -2.10. The van der Waals surface area contributed by atoms with E-state index >= 15 is 0 Å². The summed E-state index contributed by atoms with van der Waals surface area (Å²) in [5.74, 6) is -1.52. The predicted molar refractivity (Wildman–Crippen MR) is 64.9 cm³/mol. The van der Waals surface area contributed by atoms with Gasteiger partial charge in [-0.3, -0.25) is 0 Å². The van der Waals surface area contributed by atoms with Crippen molar-refractivity contribution < 1.29 is 23.4 Å². The molecule has 0 aromatic heterocycles. The van der Waals surface area contributed by atoms with Crippen molar-refractivity contribution in [3.05, 3.63) is 33.7 Å². The summed E-state index contributed by atoms with van der Waals surface area (Å²) in [6.45, 7) is 1.26. The maximum Gasteiger partial charge on any atom is 0.337 e. The van der Waals surface area contributed by atoms with Crippen LogP contribution in [0.1, 0.15) is 12.5 Å². The van der Waals surface area contributed by atoms with Gasteiger partial charge in [-0.15, -0.1) is 0 Å². The quantitative estimate of drug-likeness (QED) is 0.856. The number of carbonyl (C=O) groups is 1. The number of rotatable bonds is 2. The topological polar surface area (TPSA) is 91.7 Å². The van der Waals surface area contributed by atoms with Gasteiger partial charge < -0.3 is 10.2 Å². The summed E-state index contributed by atoms with van der Waals surface area (Å²) in [5.41, 5.74) is -0.0883. The Hall–Kier alpha value is -1.37. The van der Waals surface area contributed by atoms with E-state index in [1.807, 2.05) is 0 Å². The molecule has 5 nitrogen and oxygen atoms in total. The van der Waals surface area contributed by atoms with Crippen LogP contribution < -0.4 is 0 Å². The van der Waals surface area contributed by atoms with Crippen LogP contribution in [0.15, 0.2) is 28.0 Å². The van der Waals surface area contributed by atoms with Gasteiger partial charge in [-0.25, -0.2) is 13.2 Å². The number of allylic oxidation sites excluding steroid dienone is 1. The Morgan fingerprint density at radius 1 is 1.39 bits per heavy atom. The molecule has 2 N–H and O–H groups in total. The molecule has 18 heavy (non-hydrogen) atoms. The first-order chi connectivity index (χ1) is 8.28. The SMILES string of the molecule is CC1=C(C(O)C(=O)O)c2c(Cl)cccc2S1(=O)=O. The van der Waals surface area contributed by atoms with Crippen molar-refractivity contribution in [1.29, 1.82) is 0 Å². The van der Waals surface area contributed by atoms with Gasteiger partial charge in [0.05, 0.1) is 9.80 Å². The molecule has 0 fully saturated rings. The standard InChI is InChI=1S/C11H9ClO5S/c1-5-8(10(13)11(14)15)9-6(12)3-2-4-7(9)18(5,16)17/h2-4,10,13H,1H3,(H,14,15). The molecular formula is C11H9ClO5S. The number of carboxylic acids is 1. The maximum atomic E-state index is 12.1. The summed E-state index contributed by atoms with van der Waals surface area (Å²) in [6, 6.07) is 4.24. The van der Waals surface area contributed by atoms with Crippen molar-refractivity contribution in [3.8, 4) is 0 Å². The fourth-order valence-electron chi connectivity index (χ4n) is 1.93. The Balaban J connectivity index is 2.84. The number of hydrogen-bond donors (Lipinski definition) is 2. The third-order valence-corrected chi connectivity index (χ3v) is 5.08. The van der Waals surface area contributed by atoms with Crippen LogP contribution in [0.5, 0.6) is 0 Å². The molecule has 1 aromatic carbocycles.